The molecule has 0 atom stereocenters. The standard InChI is InChI=1S/C15H21FN2O.ClH/c1-18(14-5-3-13(16)4-6-14)15(19)7-2-12-8-10-17-11-9-12;/h3-6,12,17H,2,7-11H2,1H3;1H. The molecule has 20 heavy (non-hydrogen) atoms. The normalized spacial score (nSPS) is 15.5. The van der Waals surface area contributed by atoms with E-state index in [1.165, 1.54) is 12.1 Å². The van der Waals surface area contributed by atoms with Gasteiger partial charge in [-0.05, 0) is 62.5 Å². The summed E-state index contributed by atoms with van der Waals surface area (Å²) in [4.78, 5) is 13.7. The van der Waals surface area contributed by atoms with E-state index in [-0.39, 0.29) is 24.1 Å². The average molecular weight is 301 g/mol. The molecule has 0 spiro atoms. The fraction of sp³-hybridized carbons (Fsp3) is 0.533. The van der Waals surface area contributed by atoms with Crippen molar-refractivity contribution in [3.05, 3.63) is 30.1 Å². The van der Waals surface area contributed by atoms with Crippen LogP contribution >= 0.6 is 12.4 Å². The van der Waals surface area contributed by atoms with Gasteiger partial charge in [-0.2, -0.15) is 0 Å². The SMILES string of the molecule is CN(C(=O)CCC1CCNCC1)c1ccc(F)cc1.Cl. The summed E-state index contributed by atoms with van der Waals surface area (Å²) in [5.41, 5.74) is 0.747. The van der Waals surface area contributed by atoms with Crippen LogP contribution in [0.25, 0.3) is 0 Å². The van der Waals surface area contributed by atoms with Crippen LogP contribution < -0.4 is 10.2 Å². The fourth-order valence-corrected chi connectivity index (χ4v) is 2.47. The zero-order chi connectivity index (χ0) is 13.7. The zero-order valence-electron chi connectivity index (χ0n) is 11.8. The van der Waals surface area contributed by atoms with Crippen LogP contribution in [-0.2, 0) is 4.79 Å². The molecule has 0 aromatic heterocycles. The predicted octanol–water partition coefficient (Wildman–Crippen LogP) is 2.99. The number of nitrogens with one attached hydrogen (secondary N) is 1. The summed E-state index contributed by atoms with van der Waals surface area (Å²) in [5, 5.41) is 3.33. The highest BCUT2D eigenvalue weighted by Crippen LogP contribution is 2.20. The van der Waals surface area contributed by atoms with Gasteiger partial charge in [0.15, 0.2) is 0 Å². The first-order chi connectivity index (χ1) is 9.16. The number of amides is 1. The molecule has 1 aromatic rings. The molecule has 1 saturated heterocycles. The van der Waals surface area contributed by atoms with Crippen LogP contribution in [0, 0.1) is 11.7 Å². The third-order valence-corrected chi connectivity index (χ3v) is 3.81. The maximum atomic E-state index is 12.8. The molecule has 1 fully saturated rings. The number of carbonyl (C=O) groups excluding carboxylic acids is 1. The van der Waals surface area contributed by atoms with Gasteiger partial charge in [-0.1, -0.05) is 0 Å². The zero-order valence-corrected chi connectivity index (χ0v) is 12.6. The van der Waals surface area contributed by atoms with Crippen LogP contribution in [0.3, 0.4) is 0 Å². The molecule has 0 aliphatic carbocycles. The number of benzene rings is 1. The van der Waals surface area contributed by atoms with Crippen LogP contribution in [0.4, 0.5) is 10.1 Å². The molecule has 2 rings (SSSR count). The van der Waals surface area contributed by atoms with Gasteiger partial charge in [0.2, 0.25) is 5.91 Å². The van der Waals surface area contributed by atoms with Crippen LogP contribution in [0.1, 0.15) is 25.7 Å². The number of hydrogen-bond donors (Lipinski definition) is 1. The number of rotatable bonds is 4. The van der Waals surface area contributed by atoms with Gasteiger partial charge in [-0.25, -0.2) is 4.39 Å². The van der Waals surface area contributed by atoms with E-state index in [9.17, 15) is 9.18 Å². The molecule has 1 aromatic carbocycles. The number of piperidine rings is 1. The first-order valence-corrected chi connectivity index (χ1v) is 6.89. The van der Waals surface area contributed by atoms with Crippen molar-refractivity contribution >= 4 is 24.0 Å². The summed E-state index contributed by atoms with van der Waals surface area (Å²) >= 11 is 0. The predicted molar refractivity (Wildman–Crippen MR) is 81.9 cm³/mol. The molecule has 0 radical (unpaired) electrons. The van der Waals surface area contributed by atoms with Gasteiger partial charge in [-0.15, -0.1) is 12.4 Å². The summed E-state index contributed by atoms with van der Waals surface area (Å²) in [5.74, 6) is 0.483. The van der Waals surface area contributed by atoms with Crippen molar-refractivity contribution in [1.29, 1.82) is 0 Å². The Morgan fingerprint density at radius 3 is 2.50 bits per heavy atom. The van der Waals surface area contributed by atoms with E-state index in [1.54, 1.807) is 24.1 Å². The molecule has 1 aliphatic heterocycles. The number of hydrogen-bond acceptors (Lipinski definition) is 2. The average Bonchev–Trinajstić information content (AvgIpc) is 2.46. The van der Waals surface area contributed by atoms with Crippen molar-refractivity contribution in [3.63, 3.8) is 0 Å². The summed E-state index contributed by atoms with van der Waals surface area (Å²) in [7, 11) is 1.75. The molecule has 1 heterocycles. The second-order valence-electron chi connectivity index (χ2n) is 5.16. The third kappa shape index (κ3) is 4.76. The van der Waals surface area contributed by atoms with Crippen molar-refractivity contribution in [2.24, 2.45) is 5.92 Å². The van der Waals surface area contributed by atoms with Gasteiger partial charge in [-0.3, -0.25) is 4.79 Å². The van der Waals surface area contributed by atoms with Gasteiger partial charge >= 0.3 is 0 Å². The van der Waals surface area contributed by atoms with Gasteiger partial charge in [0, 0.05) is 19.2 Å². The quantitative estimate of drug-likeness (QED) is 0.927. The maximum absolute atomic E-state index is 12.8. The minimum absolute atomic E-state index is 0. The summed E-state index contributed by atoms with van der Waals surface area (Å²) in [6.07, 6.45) is 3.84. The summed E-state index contributed by atoms with van der Waals surface area (Å²) < 4.78 is 12.8. The lowest BCUT2D eigenvalue weighted by molar-refractivity contribution is -0.118. The Balaban J connectivity index is 0.00000200. The van der Waals surface area contributed by atoms with Crippen LogP contribution in [-0.4, -0.2) is 26.0 Å². The second kappa shape index (κ2) is 8.22. The molecule has 0 bridgehead atoms. The van der Waals surface area contributed by atoms with E-state index in [0.29, 0.717) is 12.3 Å². The highest BCUT2D eigenvalue weighted by atomic mass is 35.5. The molecule has 0 saturated carbocycles. The lowest BCUT2D eigenvalue weighted by Crippen LogP contribution is -2.30. The van der Waals surface area contributed by atoms with Crippen LogP contribution in [0.15, 0.2) is 24.3 Å². The molecular weight excluding hydrogens is 279 g/mol. The van der Waals surface area contributed by atoms with Gasteiger partial charge in [0.1, 0.15) is 5.82 Å². The topological polar surface area (TPSA) is 32.3 Å². The van der Waals surface area contributed by atoms with Crippen LogP contribution in [0.2, 0.25) is 0 Å². The van der Waals surface area contributed by atoms with Crippen molar-refractivity contribution in [1.82, 2.24) is 5.32 Å². The van der Waals surface area contributed by atoms with Crippen molar-refractivity contribution in [2.75, 3.05) is 25.0 Å². The van der Waals surface area contributed by atoms with E-state index in [1.807, 2.05) is 0 Å². The number of nitrogens with zero attached hydrogens (tertiary/aromatic N) is 1. The van der Waals surface area contributed by atoms with E-state index >= 15 is 0 Å². The lowest BCUT2D eigenvalue weighted by atomic mass is 9.93. The van der Waals surface area contributed by atoms with Gasteiger partial charge in [0.05, 0.1) is 0 Å². The second-order valence-corrected chi connectivity index (χ2v) is 5.16. The maximum Gasteiger partial charge on any atom is 0.226 e. The third-order valence-electron chi connectivity index (χ3n) is 3.81. The Morgan fingerprint density at radius 2 is 1.90 bits per heavy atom. The Hall–Kier alpha value is -1.13. The van der Waals surface area contributed by atoms with E-state index < -0.39 is 0 Å². The lowest BCUT2D eigenvalue weighted by Gasteiger charge is -2.23. The highest BCUT2D eigenvalue weighted by Gasteiger charge is 2.16. The van der Waals surface area contributed by atoms with Crippen molar-refractivity contribution < 1.29 is 9.18 Å². The summed E-state index contributed by atoms with van der Waals surface area (Å²) in [6, 6.07) is 6.04. The molecule has 3 nitrogen and oxygen atoms in total. The molecule has 1 amide bonds. The van der Waals surface area contributed by atoms with Crippen molar-refractivity contribution in [2.45, 2.75) is 25.7 Å². The Labute approximate surface area is 125 Å². The largest absolute Gasteiger partial charge is 0.317 e. The molecule has 1 N–H and O–H groups in total. The van der Waals surface area contributed by atoms with E-state index in [0.717, 1.165) is 38.0 Å². The monoisotopic (exact) mass is 300 g/mol. The number of carbonyl (C=O) groups is 1. The molecule has 5 heteroatoms. The first-order valence-electron chi connectivity index (χ1n) is 6.89. The minimum atomic E-state index is -0.278. The van der Waals surface area contributed by atoms with E-state index in [2.05, 4.69) is 5.32 Å². The summed E-state index contributed by atoms with van der Waals surface area (Å²) in [6.45, 7) is 2.12. The Morgan fingerprint density at radius 1 is 1.30 bits per heavy atom. The molecule has 1 aliphatic rings. The minimum Gasteiger partial charge on any atom is -0.317 e. The Kier molecular flexibility index (Phi) is 6.96. The van der Waals surface area contributed by atoms with Crippen molar-refractivity contribution in [3.8, 4) is 0 Å². The first kappa shape index (κ1) is 16.9. The number of halogens is 2. The van der Waals surface area contributed by atoms with Gasteiger partial charge in [0.25, 0.3) is 0 Å². The van der Waals surface area contributed by atoms with Crippen LogP contribution in [0.5, 0.6) is 0 Å². The smallest absolute Gasteiger partial charge is 0.226 e. The van der Waals surface area contributed by atoms with E-state index in [4.69, 9.17) is 0 Å². The molecular formula is C15H22ClFN2O. The molecule has 0 unspecified atom stereocenters. The van der Waals surface area contributed by atoms with Gasteiger partial charge < -0.3 is 10.2 Å². The number of anilines is 1. The molecule has 112 valence electrons. The fourth-order valence-electron chi connectivity index (χ4n) is 2.47. The highest BCUT2D eigenvalue weighted by molar-refractivity contribution is 5.92. The Bertz CT molecular complexity index is 418.